The molecule has 2 nitrogen and oxygen atoms in total. The lowest BCUT2D eigenvalue weighted by Gasteiger charge is -2.09. The van der Waals surface area contributed by atoms with Crippen molar-refractivity contribution in [1.82, 2.24) is 0 Å². The fourth-order valence-electron chi connectivity index (χ4n) is 0.732. The highest BCUT2D eigenvalue weighted by molar-refractivity contribution is 8.13. The van der Waals surface area contributed by atoms with Crippen LogP contribution in [-0.2, 0) is 9.59 Å². The summed E-state index contributed by atoms with van der Waals surface area (Å²) in [6.07, 6.45) is 0.381. The monoisotopic (exact) mass is 238 g/mol. The van der Waals surface area contributed by atoms with E-state index >= 15 is 0 Å². The molecule has 1 unspecified atom stereocenters. The van der Waals surface area contributed by atoms with Crippen LogP contribution in [0.15, 0.2) is 0 Å². The minimum atomic E-state index is -0.223. The second-order valence-electron chi connectivity index (χ2n) is 2.67. The van der Waals surface area contributed by atoms with Crippen LogP contribution in [0.5, 0.6) is 0 Å². The zero-order valence-corrected chi connectivity index (χ0v) is 9.89. The lowest BCUT2D eigenvalue weighted by Crippen LogP contribution is -2.16. The molecule has 0 bridgehead atoms. The number of thioether (sulfide) groups is 1. The standard InChI is InChI=1S/C8H11ClO2S2/c1-5(10)7(3-8(9)12)4-13-6(2)11/h7H,3-4H2,1-2H3. The molecule has 0 aliphatic rings. The van der Waals surface area contributed by atoms with E-state index in [1.165, 1.54) is 13.8 Å². The number of hydrogen-bond donors (Lipinski definition) is 0. The van der Waals surface area contributed by atoms with E-state index in [1.54, 1.807) is 0 Å². The number of carbonyl (C=O) groups is 2. The zero-order chi connectivity index (χ0) is 10.4. The number of Topliss-reactive ketones (excluding diaryl/α,β-unsaturated/α-hetero) is 1. The second kappa shape index (κ2) is 6.51. The Labute approximate surface area is 92.4 Å². The van der Waals surface area contributed by atoms with Crippen molar-refractivity contribution in [3.63, 3.8) is 0 Å². The molecule has 0 aliphatic heterocycles. The first-order valence-corrected chi connectivity index (χ1v) is 5.52. The summed E-state index contributed by atoms with van der Waals surface area (Å²) in [5, 5.41) is 0.00624. The predicted molar refractivity (Wildman–Crippen MR) is 60.4 cm³/mol. The summed E-state index contributed by atoms with van der Waals surface area (Å²) >= 11 is 11.3. The van der Waals surface area contributed by atoms with Crippen LogP contribution in [0.1, 0.15) is 20.3 Å². The van der Waals surface area contributed by atoms with Gasteiger partial charge in [0.05, 0.1) is 4.32 Å². The van der Waals surface area contributed by atoms with Gasteiger partial charge in [0.2, 0.25) is 0 Å². The van der Waals surface area contributed by atoms with Gasteiger partial charge in [0.1, 0.15) is 5.78 Å². The molecular weight excluding hydrogens is 228 g/mol. The number of halogens is 1. The maximum absolute atomic E-state index is 11.0. The Morgan fingerprint density at radius 3 is 2.31 bits per heavy atom. The molecule has 0 fully saturated rings. The van der Waals surface area contributed by atoms with Crippen molar-refractivity contribution in [1.29, 1.82) is 0 Å². The first-order valence-electron chi connectivity index (χ1n) is 3.75. The predicted octanol–water partition coefficient (Wildman–Crippen LogP) is 2.43. The van der Waals surface area contributed by atoms with Crippen molar-refractivity contribution >= 4 is 50.8 Å². The summed E-state index contributed by atoms with van der Waals surface area (Å²) in [5.41, 5.74) is 0. The summed E-state index contributed by atoms with van der Waals surface area (Å²) in [4.78, 5) is 21.7. The first kappa shape index (κ1) is 13.1. The van der Waals surface area contributed by atoms with Crippen LogP contribution in [0.3, 0.4) is 0 Å². The summed E-state index contributed by atoms with van der Waals surface area (Å²) in [7, 11) is 0. The minimum Gasteiger partial charge on any atom is -0.300 e. The van der Waals surface area contributed by atoms with Gasteiger partial charge in [0.25, 0.3) is 0 Å². The van der Waals surface area contributed by atoms with Crippen molar-refractivity contribution in [2.45, 2.75) is 20.3 Å². The molecule has 1 atom stereocenters. The molecule has 0 aromatic heterocycles. The molecule has 0 amide bonds. The smallest absolute Gasteiger partial charge is 0.185 e. The van der Waals surface area contributed by atoms with Crippen LogP contribution in [0, 0.1) is 5.92 Å². The lowest BCUT2D eigenvalue weighted by molar-refractivity contribution is -0.119. The quantitative estimate of drug-likeness (QED) is 0.544. The molecule has 0 radical (unpaired) electrons. The highest BCUT2D eigenvalue weighted by atomic mass is 35.5. The summed E-state index contributed by atoms with van der Waals surface area (Å²) in [6.45, 7) is 2.96. The summed E-state index contributed by atoms with van der Waals surface area (Å²) in [5.74, 6) is 0.271. The van der Waals surface area contributed by atoms with Gasteiger partial charge in [-0.25, -0.2) is 0 Å². The Bertz CT molecular complexity index is 228. The van der Waals surface area contributed by atoms with Crippen molar-refractivity contribution < 1.29 is 9.59 Å². The minimum absolute atomic E-state index is 0.00624. The van der Waals surface area contributed by atoms with E-state index in [0.717, 1.165) is 11.8 Å². The molecule has 0 saturated heterocycles. The summed E-state index contributed by atoms with van der Waals surface area (Å²) < 4.78 is 0.296. The molecule has 0 spiro atoms. The Morgan fingerprint density at radius 1 is 1.46 bits per heavy atom. The van der Waals surface area contributed by atoms with Crippen LogP contribution in [-0.4, -0.2) is 21.0 Å². The maximum atomic E-state index is 11.0. The number of carbonyl (C=O) groups excluding carboxylic acids is 2. The van der Waals surface area contributed by atoms with E-state index < -0.39 is 0 Å². The van der Waals surface area contributed by atoms with E-state index in [1.807, 2.05) is 0 Å². The van der Waals surface area contributed by atoms with Gasteiger partial charge in [-0.3, -0.25) is 9.59 Å². The van der Waals surface area contributed by atoms with Gasteiger partial charge in [0, 0.05) is 25.0 Å². The molecule has 0 saturated carbocycles. The Balaban J connectivity index is 4.02. The van der Waals surface area contributed by atoms with Crippen LogP contribution in [0.25, 0.3) is 0 Å². The molecule has 0 rings (SSSR count). The van der Waals surface area contributed by atoms with E-state index in [4.69, 9.17) is 11.6 Å². The van der Waals surface area contributed by atoms with E-state index in [9.17, 15) is 9.59 Å². The van der Waals surface area contributed by atoms with Crippen LogP contribution >= 0.6 is 35.6 Å². The van der Waals surface area contributed by atoms with Crippen molar-refractivity contribution in [3.05, 3.63) is 0 Å². The third-order valence-corrected chi connectivity index (χ3v) is 2.77. The van der Waals surface area contributed by atoms with Crippen LogP contribution < -0.4 is 0 Å². The van der Waals surface area contributed by atoms with E-state index in [-0.39, 0.29) is 16.8 Å². The van der Waals surface area contributed by atoms with Gasteiger partial charge in [-0.1, -0.05) is 35.6 Å². The Kier molecular flexibility index (Phi) is 6.55. The topological polar surface area (TPSA) is 34.1 Å². The number of thiocarbonyl (C=S) groups is 1. The number of rotatable bonds is 5. The average molecular weight is 239 g/mol. The third kappa shape index (κ3) is 7.16. The van der Waals surface area contributed by atoms with E-state index in [2.05, 4.69) is 12.2 Å². The van der Waals surface area contributed by atoms with Crippen LogP contribution in [0.4, 0.5) is 0 Å². The van der Waals surface area contributed by atoms with E-state index in [0.29, 0.717) is 16.5 Å². The highest BCUT2D eigenvalue weighted by Gasteiger charge is 2.16. The second-order valence-corrected chi connectivity index (χ2v) is 5.04. The van der Waals surface area contributed by atoms with Crippen LogP contribution in [0.2, 0.25) is 0 Å². The number of hydrogen-bond acceptors (Lipinski definition) is 4. The zero-order valence-electron chi connectivity index (χ0n) is 7.50. The average Bonchev–Trinajstić information content (AvgIpc) is 1.96. The molecule has 0 N–H and O–H groups in total. The fraction of sp³-hybridized carbons (Fsp3) is 0.625. The number of ketones is 1. The molecular formula is C8H11ClO2S2. The maximum Gasteiger partial charge on any atom is 0.185 e. The molecule has 0 aromatic carbocycles. The highest BCUT2D eigenvalue weighted by Crippen LogP contribution is 2.16. The van der Waals surface area contributed by atoms with Gasteiger partial charge in [0.15, 0.2) is 5.12 Å². The van der Waals surface area contributed by atoms with Gasteiger partial charge >= 0.3 is 0 Å². The molecule has 0 aliphatic carbocycles. The fourth-order valence-corrected chi connectivity index (χ4v) is 1.91. The lowest BCUT2D eigenvalue weighted by atomic mass is 10.1. The van der Waals surface area contributed by atoms with Gasteiger partial charge in [-0.2, -0.15) is 0 Å². The normalized spacial score (nSPS) is 12.2. The Morgan fingerprint density at radius 2 is 2.00 bits per heavy atom. The van der Waals surface area contributed by atoms with Gasteiger partial charge in [-0.05, 0) is 6.92 Å². The van der Waals surface area contributed by atoms with Crippen molar-refractivity contribution in [3.8, 4) is 0 Å². The van der Waals surface area contributed by atoms with Crippen molar-refractivity contribution in [2.24, 2.45) is 5.92 Å². The molecule has 74 valence electrons. The molecule has 0 aromatic rings. The molecule has 0 heterocycles. The van der Waals surface area contributed by atoms with Gasteiger partial charge in [-0.15, -0.1) is 0 Å². The molecule has 13 heavy (non-hydrogen) atoms. The van der Waals surface area contributed by atoms with Gasteiger partial charge < -0.3 is 0 Å². The first-order chi connectivity index (χ1) is 5.93. The summed E-state index contributed by atoms with van der Waals surface area (Å²) in [6, 6.07) is 0. The molecule has 5 heteroatoms. The Hall–Kier alpha value is 0.0700. The third-order valence-electron chi connectivity index (χ3n) is 1.47. The largest absolute Gasteiger partial charge is 0.300 e. The van der Waals surface area contributed by atoms with Crippen molar-refractivity contribution in [2.75, 3.05) is 5.75 Å². The SMILES string of the molecule is CC(=O)SCC(CC(=S)Cl)C(C)=O.